The summed E-state index contributed by atoms with van der Waals surface area (Å²) in [6, 6.07) is 3.30. The van der Waals surface area contributed by atoms with Crippen molar-refractivity contribution in [3.8, 4) is 0 Å². The van der Waals surface area contributed by atoms with Crippen molar-refractivity contribution in [3.05, 3.63) is 23.9 Å². The van der Waals surface area contributed by atoms with Gasteiger partial charge in [-0.05, 0) is 33.8 Å². The maximum atomic E-state index is 12.5. The average molecular weight is 416 g/mol. The van der Waals surface area contributed by atoms with Crippen LogP contribution in [0.5, 0.6) is 0 Å². The molecule has 2 amide bonds. The summed E-state index contributed by atoms with van der Waals surface area (Å²) in [6.07, 6.45) is -0.0491. The molecule has 0 aliphatic carbocycles. The fourth-order valence-electron chi connectivity index (χ4n) is 1.98. The molecule has 1 aromatic heterocycles. The largest absolute Gasteiger partial charge is 0.510 e. The SMILES string of the molecule is CC(Cl)OC(=O)OCc1cccnc1N(C)C(=O)CN(C)C(=O)OC(C)(C)C. The molecule has 1 heterocycles. The van der Waals surface area contributed by atoms with Crippen molar-refractivity contribution in [2.24, 2.45) is 0 Å². The lowest BCUT2D eigenvalue weighted by Gasteiger charge is -2.26. The van der Waals surface area contributed by atoms with Gasteiger partial charge in [0.25, 0.3) is 0 Å². The van der Waals surface area contributed by atoms with Gasteiger partial charge in [-0.3, -0.25) is 9.69 Å². The van der Waals surface area contributed by atoms with E-state index in [4.69, 9.17) is 21.1 Å². The Labute approximate surface area is 169 Å². The lowest BCUT2D eigenvalue weighted by molar-refractivity contribution is -0.119. The van der Waals surface area contributed by atoms with Gasteiger partial charge in [-0.2, -0.15) is 0 Å². The molecule has 0 bridgehead atoms. The van der Waals surface area contributed by atoms with Crippen LogP contribution in [0.15, 0.2) is 18.3 Å². The Morgan fingerprint density at radius 2 is 1.89 bits per heavy atom. The Balaban J connectivity index is 2.77. The van der Waals surface area contributed by atoms with Gasteiger partial charge in [0.1, 0.15) is 24.6 Å². The summed E-state index contributed by atoms with van der Waals surface area (Å²) in [5.41, 5.74) is -1.01. The smallest absolute Gasteiger partial charge is 0.444 e. The van der Waals surface area contributed by atoms with E-state index in [0.29, 0.717) is 5.56 Å². The van der Waals surface area contributed by atoms with Crippen molar-refractivity contribution in [2.75, 3.05) is 25.5 Å². The van der Waals surface area contributed by atoms with E-state index < -0.39 is 29.3 Å². The van der Waals surface area contributed by atoms with E-state index >= 15 is 0 Å². The van der Waals surface area contributed by atoms with E-state index in [-0.39, 0.29) is 19.0 Å². The van der Waals surface area contributed by atoms with Crippen LogP contribution in [0.2, 0.25) is 0 Å². The van der Waals surface area contributed by atoms with Gasteiger partial charge in [-0.1, -0.05) is 17.7 Å². The number of anilines is 1. The van der Waals surface area contributed by atoms with Crippen LogP contribution in [0.1, 0.15) is 33.3 Å². The number of alkyl halides is 1. The second-order valence-corrected chi connectivity index (χ2v) is 7.59. The first-order chi connectivity index (χ1) is 12.9. The topological polar surface area (TPSA) is 98.3 Å². The lowest BCUT2D eigenvalue weighted by atomic mass is 10.2. The highest BCUT2D eigenvalue weighted by Crippen LogP contribution is 2.18. The highest BCUT2D eigenvalue weighted by molar-refractivity contribution is 6.19. The molecule has 0 radical (unpaired) electrons. The molecule has 0 aromatic carbocycles. The molecule has 0 saturated heterocycles. The Kier molecular flexibility index (Phi) is 8.49. The molecule has 0 fully saturated rings. The number of likely N-dealkylation sites (N-methyl/N-ethyl adjacent to an activating group) is 2. The molecular formula is C18H26ClN3O6. The highest BCUT2D eigenvalue weighted by Gasteiger charge is 2.24. The third-order valence-corrected chi connectivity index (χ3v) is 3.33. The van der Waals surface area contributed by atoms with E-state index in [1.54, 1.807) is 32.9 Å². The lowest BCUT2D eigenvalue weighted by Crippen LogP contribution is -2.42. The molecule has 9 nitrogen and oxygen atoms in total. The number of nitrogens with zero attached hydrogens (tertiary/aromatic N) is 3. The van der Waals surface area contributed by atoms with Crippen LogP contribution in [0.25, 0.3) is 0 Å². The third kappa shape index (κ3) is 7.99. The monoisotopic (exact) mass is 415 g/mol. The summed E-state index contributed by atoms with van der Waals surface area (Å²) in [7, 11) is 2.97. The molecule has 1 aromatic rings. The van der Waals surface area contributed by atoms with Crippen molar-refractivity contribution in [1.82, 2.24) is 9.88 Å². The number of pyridine rings is 1. The van der Waals surface area contributed by atoms with Gasteiger partial charge >= 0.3 is 12.2 Å². The van der Waals surface area contributed by atoms with Crippen molar-refractivity contribution < 1.29 is 28.6 Å². The maximum absolute atomic E-state index is 12.5. The minimum absolute atomic E-state index is 0.162. The number of halogens is 1. The van der Waals surface area contributed by atoms with Crippen LogP contribution in [-0.2, 0) is 25.6 Å². The van der Waals surface area contributed by atoms with Crippen LogP contribution in [0.3, 0.4) is 0 Å². The average Bonchev–Trinajstić information content (AvgIpc) is 2.57. The highest BCUT2D eigenvalue weighted by atomic mass is 35.5. The second-order valence-electron chi connectivity index (χ2n) is 6.97. The van der Waals surface area contributed by atoms with Gasteiger partial charge in [0, 0.05) is 25.9 Å². The summed E-state index contributed by atoms with van der Waals surface area (Å²) in [4.78, 5) is 42.7. The number of carbonyl (C=O) groups is 3. The fraction of sp³-hybridized carbons (Fsp3) is 0.556. The predicted octanol–water partition coefficient (Wildman–Crippen LogP) is 3.15. The number of carbonyl (C=O) groups excluding carboxylic acids is 3. The zero-order chi connectivity index (χ0) is 21.5. The molecule has 1 rings (SSSR count). The Bertz CT molecular complexity index is 705. The molecule has 0 aliphatic heterocycles. The van der Waals surface area contributed by atoms with E-state index in [1.165, 1.54) is 37.0 Å². The molecule has 1 unspecified atom stereocenters. The quantitative estimate of drug-likeness (QED) is 0.519. The summed E-state index contributed by atoms with van der Waals surface area (Å²) >= 11 is 5.56. The molecule has 156 valence electrons. The first kappa shape index (κ1) is 23.5. The molecule has 0 spiro atoms. The van der Waals surface area contributed by atoms with Gasteiger partial charge in [-0.15, -0.1) is 0 Å². The fourth-order valence-corrected chi connectivity index (χ4v) is 2.05. The molecule has 1 atom stereocenters. The second kappa shape index (κ2) is 10.1. The molecule has 10 heteroatoms. The number of aromatic nitrogens is 1. The zero-order valence-electron chi connectivity index (χ0n) is 16.9. The van der Waals surface area contributed by atoms with Crippen LogP contribution in [0, 0.1) is 0 Å². The molecule has 0 aliphatic rings. The summed E-state index contributed by atoms with van der Waals surface area (Å²) in [5, 5.41) is 0. The first-order valence-corrected chi connectivity index (χ1v) is 8.96. The summed E-state index contributed by atoms with van der Waals surface area (Å²) in [6.45, 7) is 6.32. The third-order valence-electron chi connectivity index (χ3n) is 3.24. The van der Waals surface area contributed by atoms with E-state index in [1.807, 2.05) is 0 Å². The normalized spacial score (nSPS) is 12.0. The standard InChI is InChI=1S/C18H26ClN3O6/c1-12(19)27-17(25)26-11-13-8-7-9-20-15(13)22(6)14(23)10-21(5)16(24)28-18(2,3)4/h7-9,12H,10-11H2,1-6H3. The molecule has 28 heavy (non-hydrogen) atoms. The van der Waals surface area contributed by atoms with Crippen molar-refractivity contribution >= 4 is 35.6 Å². The number of amides is 2. The minimum atomic E-state index is -0.934. The van der Waals surface area contributed by atoms with Crippen molar-refractivity contribution in [2.45, 2.75) is 45.5 Å². The van der Waals surface area contributed by atoms with Crippen LogP contribution < -0.4 is 4.90 Å². The first-order valence-electron chi connectivity index (χ1n) is 8.52. The Morgan fingerprint density at radius 1 is 1.25 bits per heavy atom. The van der Waals surface area contributed by atoms with Gasteiger partial charge in [0.2, 0.25) is 5.91 Å². The number of hydrogen-bond acceptors (Lipinski definition) is 7. The Morgan fingerprint density at radius 3 is 2.46 bits per heavy atom. The number of rotatable bonds is 6. The Hall–Kier alpha value is -2.55. The maximum Gasteiger partial charge on any atom is 0.510 e. The van der Waals surface area contributed by atoms with Gasteiger partial charge in [-0.25, -0.2) is 14.6 Å². The number of ether oxygens (including phenoxy) is 3. The molecule has 0 saturated carbocycles. The van der Waals surface area contributed by atoms with Crippen LogP contribution in [0.4, 0.5) is 15.4 Å². The van der Waals surface area contributed by atoms with E-state index in [2.05, 4.69) is 9.72 Å². The van der Waals surface area contributed by atoms with Crippen LogP contribution in [-0.4, -0.2) is 59.8 Å². The van der Waals surface area contributed by atoms with E-state index in [0.717, 1.165) is 0 Å². The van der Waals surface area contributed by atoms with Crippen LogP contribution >= 0.6 is 11.6 Å². The molecule has 0 N–H and O–H groups in total. The van der Waals surface area contributed by atoms with Gasteiger partial charge in [0.05, 0.1) is 0 Å². The zero-order valence-corrected chi connectivity index (χ0v) is 17.6. The van der Waals surface area contributed by atoms with Crippen molar-refractivity contribution in [3.63, 3.8) is 0 Å². The summed E-state index contributed by atoms with van der Waals surface area (Å²) < 4.78 is 14.9. The van der Waals surface area contributed by atoms with Gasteiger partial charge < -0.3 is 19.1 Å². The van der Waals surface area contributed by atoms with E-state index in [9.17, 15) is 14.4 Å². The predicted molar refractivity (Wildman–Crippen MR) is 103 cm³/mol. The molecular weight excluding hydrogens is 390 g/mol. The minimum Gasteiger partial charge on any atom is -0.444 e. The van der Waals surface area contributed by atoms with Crippen molar-refractivity contribution in [1.29, 1.82) is 0 Å². The number of hydrogen-bond donors (Lipinski definition) is 0. The van der Waals surface area contributed by atoms with Gasteiger partial charge in [0.15, 0.2) is 5.56 Å². The summed E-state index contributed by atoms with van der Waals surface area (Å²) in [5.74, 6) is -0.109.